The predicted octanol–water partition coefficient (Wildman–Crippen LogP) is 2.55. The highest BCUT2D eigenvalue weighted by Gasteiger charge is 2.24. The summed E-state index contributed by atoms with van der Waals surface area (Å²) in [5.74, 6) is 0. The second-order valence-electron chi connectivity index (χ2n) is 4.01. The van der Waals surface area contributed by atoms with Gasteiger partial charge in [0, 0.05) is 12.1 Å². The van der Waals surface area contributed by atoms with Gasteiger partial charge in [0.15, 0.2) is 0 Å². The summed E-state index contributed by atoms with van der Waals surface area (Å²) in [7, 11) is 0. The van der Waals surface area contributed by atoms with Crippen LogP contribution in [0.1, 0.15) is 46.0 Å². The zero-order valence-electron chi connectivity index (χ0n) is 8.79. The van der Waals surface area contributed by atoms with Gasteiger partial charge in [-0.15, -0.1) is 0 Å². The summed E-state index contributed by atoms with van der Waals surface area (Å²) in [5.41, 5.74) is 0. The lowest BCUT2D eigenvalue weighted by Crippen LogP contribution is -2.44. The SMILES string of the molecule is CCC(C)N1CCCCC1CC#N. The first kappa shape index (κ1) is 10.5. The van der Waals surface area contributed by atoms with E-state index < -0.39 is 0 Å². The van der Waals surface area contributed by atoms with Gasteiger partial charge in [-0.05, 0) is 32.7 Å². The van der Waals surface area contributed by atoms with E-state index in [-0.39, 0.29) is 0 Å². The summed E-state index contributed by atoms with van der Waals surface area (Å²) in [4.78, 5) is 2.52. The van der Waals surface area contributed by atoms with Crippen LogP contribution in [0.2, 0.25) is 0 Å². The maximum Gasteiger partial charge on any atom is 0.0638 e. The molecule has 74 valence electrons. The average molecular weight is 180 g/mol. The highest BCUT2D eigenvalue weighted by molar-refractivity contribution is 4.87. The summed E-state index contributed by atoms with van der Waals surface area (Å²) in [6, 6.07) is 3.49. The molecule has 1 rings (SSSR count). The van der Waals surface area contributed by atoms with Crippen molar-refractivity contribution in [1.82, 2.24) is 4.90 Å². The van der Waals surface area contributed by atoms with Gasteiger partial charge in [-0.2, -0.15) is 5.26 Å². The van der Waals surface area contributed by atoms with Crippen molar-refractivity contribution in [3.8, 4) is 6.07 Å². The minimum atomic E-state index is 0.536. The van der Waals surface area contributed by atoms with Gasteiger partial charge in [-0.1, -0.05) is 13.3 Å². The average Bonchev–Trinajstić information content (AvgIpc) is 2.18. The smallest absolute Gasteiger partial charge is 0.0638 e. The molecule has 0 aliphatic carbocycles. The van der Waals surface area contributed by atoms with Gasteiger partial charge in [0.2, 0.25) is 0 Å². The molecule has 1 aliphatic heterocycles. The maximum absolute atomic E-state index is 8.71. The topological polar surface area (TPSA) is 27.0 Å². The Kier molecular flexibility index (Phi) is 4.24. The van der Waals surface area contributed by atoms with Crippen LogP contribution in [-0.4, -0.2) is 23.5 Å². The molecule has 0 bridgehead atoms. The number of hydrogen-bond donors (Lipinski definition) is 0. The van der Waals surface area contributed by atoms with E-state index in [9.17, 15) is 0 Å². The Bertz CT molecular complexity index is 183. The van der Waals surface area contributed by atoms with E-state index in [1.54, 1.807) is 0 Å². The summed E-state index contributed by atoms with van der Waals surface area (Å²) >= 11 is 0. The normalized spacial score (nSPS) is 26.7. The molecular weight excluding hydrogens is 160 g/mol. The lowest BCUT2D eigenvalue weighted by Gasteiger charge is -2.38. The predicted molar refractivity (Wildman–Crippen MR) is 54.3 cm³/mol. The van der Waals surface area contributed by atoms with Crippen molar-refractivity contribution in [2.75, 3.05) is 6.54 Å². The Morgan fingerprint density at radius 3 is 2.92 bits per heavy atom. The first-order valence-electron chi connectivity index (χ1n) is 5.42. The highest BCUT2D eigenvalue weighted by atomic mass is 15.2. The minimum absolute atomic E-state index is 0.536. The Morgan fingerprint density at radius 2 is 2.31 bits per heavy atom. The van der Waals surface area contributed by atoms with Gasteiger partial charge in [-0.25, -0.2) is 0 Å². The second kappa shape index (κ2) is 5.24. The fraction of sp³-hybridized carbons (Fsp3) is 0.909. The van der Waals surface area contributed by atoms with Crippen LogP contribution in [-0.2, 0) is 0 Å². The third-order valence-corrected chi connectivity index (χ3v) is 3.16. The third-order valence-electron chi connectivity index (χ3n) is 3.16. The monoisotopic (exact) mass is 180 g/mol. The third kappa shape index (κ3) is 2.70. The van der Waals surface area contributed by atoms with Crippen molar-refractivity contribution in [1.29, 1.82) is 5.26 Å². The Hall–Kier alpha value is -0.550. The van der Waals surface area contributed by atoms with Crippen molar-refractivity contribution in [3.63, 3.8) is 0 Å². The molecule has 0 saturated carbocycles. The van der Waals surface area contributed by atoms with Gasteiger partial charge in [0.25, 0.3) is 0 Å². The van der Waals surface area contributed by atoms with Gasteiger partial charge >= 0.3 is 0 Å². The zero-order chi connectivity index (χ0) is 9.68. The van der Waals surface area contributed by atoms with Crippen LogP contribution in [0.3, 0.4) is 0 Å². The first-order chi connectivity index (χ1) is 6.29. The standard InChI is InChI=1S/C11H20N2/c1-3-10(2)13-9-5-4-6-11(13)7-8-12/h10-11H,3-7,9H2,1-2H3. The van der Waals surface area contributed by atoms with E-state index >= 15 is 0 Å². The fourth-order valence-electron chi connectivity index (χ4n) is 2.16. The molecule has 0 radical (unpaired) electrons. The zero-order valence-corrected chi connectivity index (χ0v) is 8.79. The van der Waals surface area contributed by atoms with Crippen LogP contribution >= 0.6 is 0 Å². The summed E-state index contributed by atoms with van der Waals surface area (Å²) in [6.07, 6.45) is 5.75. The van der Waals surface area contributed by atoms with Crippen LogP contribution in [0.25, 0.3) is 0 Å². The van der Waals surface area contributed by atoms with Crippen LogP contribution in [0, 0.1) is 11.3 Å². The van der Waals surface area contributed by atoms with E-state index in [2.05, 4.69) is 24.8 Å². The Labute approximate surface area is 81.5 Å². The van der Waals surface area contributed by atoms with Crippen LogP contribution in [0.15, 0.2) is 0 Å². The molecule has 13 heavy (non-hydrogen) atoms. The lowest BCUT2D eigenvalue weighted by atomic mass is 9.97. The molecule has 2 atom stereocenters. The van der Waals surface area contributed by atoms with Crippen molar-refractivity contribution in [3.05, 3.63) is 0 Å². The first-order valence-corrected chi connectivity index (χ1v) is 5.42. The maximum atomic E-state index is 8.71. The molecule has 1 fully saturated rings. The molecule has 1 saturated heterocycles. The Balaban J connectivity index is 2.51. The summed E-state index contributed by atoms with van der Waals surface area (Å²) < 4.78 is 0. The van der Waals surface area contributed by atoms with Crippen molar-refractivity contribution in [2.45, 2.75) is 58.0 Å². The summed E-state index contributed by atoms with van der Waals surface area (Å²) in [5, 5.41) is 8.71. The second-order valence-corrected chi connectivity index (χ2v) is 4.01. The number of hydrogen-bond acceptors (Lipinski definition) is 2. The number of rotatable bonds is 3. The number of likely N-dealkylation sites (tertiary alicyclic amines) is 1. The van der Waals surface area contributed by atoms with Gasteiger partial charge in [-0.3, -0.25) is 4.90 Å². The number of piperidine rings is 1. The van der Waals surface area contributed by atoms with Crippen LogP contribution < -0.4 is 0 Å². The van der Waals surface area contributed by atoms with Gasteiger partial charge < -0.3 is 0 Å². The Morgan fingerprint density at radius 1 is 1.54 bits per heavy atom. The molecule has 0 amide bonds. The van der Waals surface area contributed by atoms with Gasteiger partial charge in [0.05, 0.1) is 12.5 Å². The largest absolute Gasteiger partial charge is 0.297 e. The fourth-order valence-corrected chi connectivity index (χ4v) is 2.16. The molecule has 0 aromatic heterocycles. The van der Waals surface area contributed by atoms with E-state index in [0.29, 0.717) is 18.5 Å². The van der Waals surface area contributed by atoms with E-state index in [4.69, 9.17) is 5.26 Å². The van der Waals surface area contributed by atoms with Gasteiger partial charge in [0.1, 0.15) is 0 Å². The molecule has 0 aromatic carbocycles. The van der Waals surface area contributed by atoms with E-state index in [1.807, 2.05) is 0 Å². The quantitative estimate of drug-likeness (QED) is 0.667. The van der Waals surface area contributed by atoms with E-state index in [0.717, 1.165) is 0 Å². The van der Waals surface area contributed by atoms with Crippen molar-refractivity contribution in [2.24, 2.45) is 0 Å². The summed E-state index contributed by atoms with van der Waals surface area (Å²) in [6.45, 7) is 5.69. The molecule has 0 N–H and O–H groups in total. The number of nitrogens with zero attached hydrogens (tertiary/aromatic N) is 2. The van der Waals surface area contributed by atoms with Crippen molar-refractivity contribution < 1.29 is 0 Å². The molecule has 2 unspecified atom stereocenters. The van der Waals surface area contributed by atoms with Crippen LogP contribution in [0.5, 0.6) is 0 Å². The van der Waals surface area contributed by atoms with Crippen molar-refractivity contribution >= 4 is 0 Å². The molecule has 0 aromatic rings. The molecule has 2 nitrogen and oxygen atoms in total. The molecule has 2 heteroatoms. The highest BCUT2D eigenvalue weighted by Crippen LogP contribution is 2.22. The molecular formula is C11H20N2. The molecule has 1 heterocycles. The van der Waals surface area contributed by atoms with Crippen LogP contribution in [0.4, 0.5) is 0 Å². The van der Waals surface area contributed by atoms with E-state index in [1.165, 1.54) is 32.2 Å². The lowest BCUT2D eigenvalue weighted by molar-refractivity contribution is 0.103. The molecule has 1 aliphatic rings. The minimum Gasteiger partial charge on any atom is -0.297 e. The molecule has 0 spiro atoms. The number of nitriles is 1.